The number of ketones is 2. The summed E-state index contributed by atoms with van der Waals surface area (Å²) in [6.45, 7) is 9.25. The summed E-state index contributed by atoms with van der Waals surface area (Å²) >= 11 is 0. The number of pyridine rings is 1. The number of nitrogens with one attached hydrogen (secondary N) is 1. The Morgan fingerprint density at radius 3 is 2.44 bits per heavy atom. The molecule has 0 radical (unpaired) electrons. The third-order valence-electron chi connectivity index (χ3n) is 6.14. The summed E-state index contributed by atoms with van der Waals surface area (Å²) in [4.78, 5) is 45.4. The molecule has 39 heavy (non-hydrogen) atoms. The van der Waals surface area contributed by atoms with Gasteiger partial charge in [-0.1, -0.05) is 30.3 Å². The summed E-state index contributed by atoms with van der Waals surface area (Å²) < 4.78 is 0. The fourth-order valence-corrected chi connectivity index (χ4v) is 4.32. The van der Waals surface area contributed by atoms with Gasteiger partial charge in [-0.25, -0.2) is 9.83 Å². The van der Waals surface area contributed by atoms with Crippen molar-refractivity contribution in [2.45, 2.75) is 6.92 Å². The molecule has 1 aliphatic carbocycles. The van der Waals surface area contributed by atoms with Gasteiger partial charge in [0.1, 0.15) is 22.8 Å². The van der Waals surface area contributed by atoms with Crippen molar-refractivity contribution in [3.63, 3.8) is 0 Å². The van der Waals surface area contributed by atoms with Crippen LogP contribution in [0.3, 0.4) is 0 Å². The number of nitrogens with two attached hydrogens (primary N) is 1. The monoisotopic (exact) mass is 519 g/mol. The zero-order chi connectivity index (χ0) is 27.8. The number of carbonyl (C=O) groups is 2. The van der Waals surface area contributed by atoms with Gasteiger partial charge in [0, 0.05) is 17.3 Å². The SMILES string of the molecule is [C-]#[N+]c1c(Nc2ccccc2)nc(N)c(N=Nc2ccc([N+](=O)[O-])c3c2C(=O)c2cccc(O)c2C3=O)c1C. The van der Waals surface area contributed by atoms with Crippen LogP contribution in [0.25, 0.3) is 4.85 Å². The molecule has 1 aliphatic rings. The second-order valence-electron chi connectivity index (χ2n) is 8.44. The number of benzene rings is 3. The van der Waals surface area contributed by atoms with Crippen molar-refractivity contribution in [3.8, 4) is 5.75 Å². The summed E-state index contributed by atoms with van der Waals surface area (Å²) in [6.07, 6.45) is 0. The molecular weight excluding hydrogens is 502 g/mol. The molecule has 0 spiro atoms. The van der Waals surface area contributed by atoms with Crippen LogP contribution in [0.4, 0.5) is 40.1 Å². The number of aromatic hydroxyl groups is 1. The van der Waals surface area contributed by atoms with Gasteiger partial charge in [0.2, 0.25) is 11.5 Å². The first kappa shape index (κ1) is 24.7. The number of nitrogen functional groups attached to an aromatic ring is 1. The number of hydrogen-bond acceptors (Lipinski definition) is 10. The Balaban J connectivity index is 1.63. The maximum absolute atomic E-state index is 13.4. The van der Waals surface area contributed by atoms with Crippen molar-refractivity contribution < 1.29 is 19.6 Å². The molecule has 0 unspecified atom stereocenters. The van der Waals surface area contributed by atoms with E-state index in [1.807, 2.05) is 18.2 Å². The van der Waals surface area contributed by atoms with Crippen LogP contribution < -0.4 is 11.1 Å². The lowest BCUT2D eigenvalue weighted by atomic mass is 9.82. The predicted octanol–water partition coefficient (Wildman–Crippen LogP) is 6.07. The van der Waals surface area contributed by atoms with E-state index in [1.165, 1.54) is 24.3 Å². The lowest BCUT2D eigenvalue weighted by Gasteiger charge is -2.19. The van der Waals surface area contributed by atoms with Crippen molar-refractivity contribution in [3.05, 3.63) is 110 Å². The molecular formula is C27H17N7O5. The molecule has 1 aromatic heterocycles. The second kappa shape index (κ2) is 9.49. The van der Waals surface area contributed by atoms with E-state index >= 15 is 0 Å². The van der Waals surface area contributed by atoms with Crippen molar-refractivity contribution in [1.29, 1.82) is 0 Å². The molecule has 0 saturated carbocycles. The minimum Gasteiger partial charge on any atom is -0.507 e. The number of hydrogen-bond donors (Lipinski definition) is 3. The van der Waals surface area contributed by atoms with E-state index in [0.29, 0.717) is 11.3 Å². The van der Waals surface area contributed by atoms with E-state index in [0.717, 1.165) is 6.07 Å². The minimum atomic E-state index is -0.884. The number of anilines is 3. The van der Waals surface area contributed by atoms with Crippen LogP contribution in [-0.4, -0.2) is 26.6 Å². The Morgan fingerprint density at radius 2 is 1.74 bits per heavy atom. The molecule has 1 heterocycles. The standard InChI is InChI=1S/C27H17N7O5/c1-13-22(26(28)31-27(23(13)29-2)30-14-7-4-3-5-8-14)33-32-16-11-12-17(34(38)39)21-20(16)24(36)15-9-6-10-18(35)19(15)25(21)37/h3-12,35H,1H3,(H3,28,30,31). The van der Waals surface area contributed by atoms with Crippen molar-refractivity contribution in [2.24, 2.45) is 10.2 Å². The first-order valence-electron chi connectivity index (χ1n) is 11.4. The summed E-state index contributed by atoms with van der Waals surface area (Å²) in [7, 11) is 0. The number of azo groups is 1. The Kier molecular flexibility index (Phi) is 6.01. The average molecular weight is 519 g/mol. The van der Waals surface area contributed by atoms with E-state index in [9.17, 15) is 24.8 Å². The van der Waals surface area contributed by atoms with E-state index in [4.69, 9.17) is 12.3 Å². The van der Waals surface area contributed by atoms with Gasteiger partial charge in [-0.2, -0.15) is 0 Å². The van der Waals surface area contributed by atoms with Crippen LogP contribution in [0, 0.1) is 23.6 Å². The molecule has 12 nitrogen and oxygen atoms in total. The lowest BCUT2D eigenvalue weighted by Crippen LogP contribution is -2.22. The van der Waals surface area contributed by atoms with Crippen LogP contribution in [-0.2, 0) is 0 Å². The quantitative estimate of drug-likeness (QED) is 0.108. The highest BCUT2D eigenvalue weighted by molar-refractivity contribution is 6.32. The molecule has 3 aromatic carbocycles. The first-order valence-corrected chi connectivity index (χ1v) is 11.4. The molecule has 0 saturated heterocycles. The van der Waals surface area contributed by atoms with Crippen molar-refractivity contribution >= 4 is 51.6 Å². The van der Waals surface area contributed by atoms with E-state index in [1.54, 1.807) is 19.1 Å². The van der Waals surface area contributed by atoms with E-state index in [-0.39, 0.29) is 45.4 Å². The topological polar surface area (TPSA) is 178 Å². The number of nitro benzene ring substituents is 1. The van der Waals surface area contributed by atoms with Gasteiger partial charge >= 0.3 is 0 Å². The summed E-state index contributed by atoms with van der Waals surface area (Å²) in [5.41, 5.74) is 5.39. The lowest BCUT2D eigenvalue weighted by molar-refractivity contribution is -0.385. The van der Waals surface area contributed by atoms with Gasteiger partial charge in [0.05, 0.1) is 28.3 Å². The van der Waals surface area contributed by atoms with Crippen LogP contribution in [0.15, 0.2) is 70.9 Å². The normalized spacial score (nSPS) is 12.1. The fourth-order valence-electron chi connectivity index (χ4n) is 4.32. The molecule has 0 aliphatic heterocycles. The molecule has 0 bridgehead atoms. The number of para-hydroxylation sites is 1. The molecule has 0 amide bonds. The number of fused-ring (bicyclic) bond motifs is 2. The highest BCUT2D eigenvalue weighted by atomic mass is 16.6. The van der Waals surface area contributed by atoms with Gasteiger partial charge < -0.3 is 16.2 Å². The van der Waals surface area contributed by atoms with Gasteiger partial charge in [0.15, 0.2) is 11.6 Å². The summed E-state index contributed by atoms with van der Waals surface area (Å²) in [6, 6.07) is 15.2. The third-order valence-corrected chi connectivity index (χ3v) is 6.14. The second-order valence-corrected chi connectivity index (χ2v) is 8.44. The number of rotatable bonds is 5. The molecule has 4 N–H and O–H groups in total. The minimum absolute atomic E-state index is 0.0549. The van der Waals surface area contributed by atoms with Gasteiger partial charge in [-0.15, -0.1) is 10.2 Å². The molecule has 0 fully saturated rings. The van der Waals surface area contributed by atoms with E-state index < -0.39 is 33.5 Å². The van der Waals surface area contributed by atoms with Crippen LogP contribution >= 0.6 is 0 Å². The van der Waals surface area contributed by atoms with Gasteiger partial charge in [0.25, 0.3) is 5.69 Å². The first-order chi connectivity index (χ1) is 18.7. The Labute approximate surface area is 220 Å². The highest BCUT2D eigenvalue weighted by Crippen LogP contribution is 2.43. The predicted molar refractivity (Wildman–Crippen MR) is 142 cm³/mol. The summed E-state index contributed by atoms with van der Waals surface area (Å²) in [5, 5.41) is 33.2. The maximum atomic E-state index is 13.4. The van der Waals surface area contributed by atoms with E-state index in [2.05, 4.69) is 25.4 Å². The van der Waals surface area contributed by atoms with Gasteiger partial charge in [-0.3, -0.25) is 19.7 Å². The number of carbonyl (C=O) groups excluding carboxylic acids is 2. The number of nitrogens with zero attached hydrogens (tertiary/aromatic N) is 5. The van der Waals surface area contributed by atoms with Crippen LogP contribution in [0.2, 0.25) is 0 Å². The molecule has 0 atom stereocenters. The maximum Gasteiger partial charge on any atom is 0.281 e. The number of phenols is 1. The van der Waals surface area contributed by atoms with Gasteiger partial charge in [-0.05, 0) is 36.8 Å². The van der Waals surface area contributed by atoms with Crippen LogP contribution in [0.5, 0.6) is 5.75 Å². The average Bonchev–Trinajstić information content (AvgIpc) is 2.91. The molecule has 5 rings (SSSR count). The zero-order valence-electron chi connectivity index (χ0n) is 20.2. The largest absolute Gasteiger partial charge is 0.507 e. The zero-order valence-corrected chi connectivity index (χ0v) is 20.2. The Morgan fingerprint density at radius 1 is 1.00 bits per heavy atom. The van der Waals surface area contributed by atoms with Crippen molar-refractivity contribution in [2.75, 3.05) is 11.1 Å². The molecule has 12 heteroatoms. The van der Waals surface area contributed by atoms with Crippen molar-refractivity contribution in [1.82, 2.24) is 4.98 Å². The third kappa shape index (κ3) is 4.09. The Hall–Kier alpha value is -5.96. The highest BCUT2D eigenvalue weighted by Gasteiger charge is 2.39. The Bertz CT molecular complexity index is 1790. The molecule has 4 aromatic rings. The van der Waals surface area contributed by atoms with Crippen LogP contribution in [0.1, 0.15) is 37.4 Å². The summed E-state index contributed by atoms with van der Waals surface area (Å²) in [5.74, 6) is -1.93. The molecule has 190 valence electrons. The smallest absolute Gasteiger partial charge is 0.281 e. The number of nitro groups is 1. The number of aromatic nitrogens is 1. The number of phenolic OH excluding ortho intramolecular Hbond substituents is 1. The fraction of sp³-hybridized carbons (Fsp3) is 0.0370.